The van der Waals surface area contributed by atoms with Gasteiger partial charge in [-0.05, 0) is 37.5 Å². The topological polar surface area (TPSA) is 56.1 Å². The molecule has 1 amide bonds. The summed E-state index contributed by atoms with van der Waals surface area (Å²) in [7, 11) is 1.90. The van der Waals surface area contributed by atoms with Crippen molar-refractivity contribution in [3.05, 3.63) is 48.3 Å². The maximum absolute atomic E-state index is 11.9. The zero-order valence-corrected chi connectivity index (χ0v) is 12.5. The largest absolute Gasteiger partial charge is 0.481 e. The van der Waals surface area contributed by atoms with E-state index in [2.05, 4.69) is 10.4 Å². The van der Waals surface area contributed by atoms with E-state index in [0.29, 0.717) is 12.3 Å². The molecule has 1 aromatic carbocycles. The molecule has 0 saturated carbocycles. The van der Waals surface area contributed by atoms with E-state index in [1.165, 1.54) is 5.56 Å². The number of para-hydroxylation sites is 1. The van der Waals surface area contributed by atoms with Crippen LogP contribution in [0, 0.1) is 0 Å². The highest BCUT2D eigenvalue weighted by atomic mass is 16.5. The van der Waals surface area contributed by atoms with Crippen molar-refractivity contribution in [1.29, 1.82) is 0 Å². The summed E-state index contributed by atoms with van der Waals surface area (Å²) in [6, 6.07) is 9.36. The number of amides is 1. The van der Waals surface area contributed by atoms with Crippen LogP contribution in [-0.4, -0.2) is 28.3 Å². The van der Waals surface area contributed by atoms with Gasteiger partial charge >= 0.3 is 0 Å². The van der Waals surface area contributed by atoms with Crippen LogP contribution in [0.15, 0.2) is 42.7 Å². The summed E-state index contributed by atoms with van der Waals surface area (Å²) in [4.78, 5) is 11.9. The number of hydrogen-bond acceptors (Lipinski definition) is 3. The summed E-state index contributed by atoms with van der Waals surface area (Å²) in [5.41, 5.74) is 1.18. The third kappa shape index (κ3) is 4.95. The van der Waals surface area contributed by atoms with Gasteiger partial charge in [-0.1, -0.05) is 18.2 Å². The lowest BCUT2D eigenvalue weighted by Gasteiger charge is -2.14. The van der Waals surface area contributed by atoms with Crippen molar-refractivity contribution in [1.82, 2.24) is 15.1 Å². The highest BCUT2D eigenvalue weighted by Gasteiger charge is 2.13. The molecule has 0 bridgehead atoms. The Balaban J connectivity index is 1.67. The fraction of sp³-hybridized carbons (Fsp3) is 0.375. The van der Waals surface area contributed by atoms with Crippen LogP contribution in [0.25, 0.3) is 0 Å². The van der Waals surface area contributed by atoms with Gasteiger partial charge in [-0.15, -0.1) is 0 Å². The first-order valence-electron chi connectivity index (χ1n) is 7.12. The molecule has 0 radical (unpaired) electrons. The molecule has 112 valence electrons. The van der Waals surface area contributed by atoms with Crippen molar-refractivity contribution in [3.8, 4) is 5.75 Å². The maximum atomic E-state index is 11.9. The van der Waals surface area contributed by atoms with Gasteiger partial charge in [0, 0.05) is 19.8 Å². The smallest absolute Gasteiger partial charge is 0.260 e. The monoisotopic (exact) mass is 287 g/mol. The first kappa shape index (κ1) is 15.1. The third-order valence-electron chi connectivity index (χ3n) is 3.13. The second kappa shape index (κ2) is 7.47. The molecular formula is C16H21N3O2. The van der Waals surface area contributed by atoms with Crippen molar-refractivity contribution < 1.29 is 9.53 Å². The van der Waals surface area contributed by atoms with Crippen LogP contribution in [0.5, 0.6) is 5.75 Å². The molecule has 21 heavy (non-hydrogen) atoms. The number of carbonyl (C=O) groups excluding carboxylic acids is 1. The van der Waals surface area contributed by atoms with Crippen LogP contribution in [0.1, 0.15) is 18.9 Å². The van der Waals surface area contributed by atoms with Crippen LogP contribution in [-0.2, 0) is 18.3 Å². The highest BCUT2D eigenvalue weighted by molar-refractivity contribution is 5.80. The summed E-state index contributed by atoms with van der Waals surface area (Å²) in [5.74, 6) is 0.612. The van der Waals surface area contributed by atoms with Gasteiger partial charge in [-0.2, -0.15) is 5.10 Å². The van der Waals surface area contributed by atoms with Crippen LogP contribution >= 0.6 is 0 Å². The van der Waals surface area contributed by atoms with Gasteiger partial charge in [0.25, 0.3) is 5.91 Å². The maximum Gasteiger partial charge on any atom is 0.260 e. The SMILES string of the molecule is C[C@@H](Oc1ccccc1)C(=O)NCCCc1cnn(C)c1. The Morgan fingerprint density at radius 2 is 2.14 bits per heavy atom. The van der Waals surface area contributed by atoms with E-state index in [0.717, 1.165) is 12.8 Å². The lowest BCUT2D eigenvalue weighted by Crippen LogP contribution is -2.36. The number of aryl methyl sites for hydroxylation is 2. The Hall–Kier alpha value is -2.30. The van der Waals surface area contributed by atoms with Crippen molar-refractivity contribution in [2.45, 2.75) is 25.9 Å². The Morgan fingerprint density at radius 3 is 2.81 bits per heavy atom. The molecule has 1 atom stereocenters. The number of benzene rings is 1. The van der Waals surface area contributed by atoms with Gasteiger partial charge in [0.1, 0.15) is 5.75 Å². The summed E-state index contributed by atoms with van der Waals surface area (Å²) < 4.78 is 7.35. The predicted octanol–water partition coefficient (Wildman–Crippen LogP) is 1.94. The van der Waals surface area contributed by atoms with Crippen molar-refractivity contribution in [2.24, 2.45) is 7.05 Å². The Labute approximate surface area is 124 Å². The first-order chi connectivity index (χ1) is 10.1. The molecule has 0 spiro atoms. The van der Waals surface area contributed by atoms with Gasteiger partial charge in [-0.3, -0.25) is 9.48 Å². The summed E-state index contributed by atoms with van der Waals surface area (Å²) >= 11 is 0. The average Bonchev–Trinajstić information content (AvgIpc) is 2.90. The number of rotatable bonds is 7. The van der Waals surface area contributed by atoms with Gasteiger partial charge < -0.3 is 10.1 Å². The Morgan fingerprint density at radius 1 is 1.38 bits per heavy atom. The molecule has 5 heteroatoms. The van der Waals surface area contributed by atoms with E-state index in [-0.39, 0.29) is 5.91 Å². The van der Waals surface area contributed by atoms with E-state index >= 15 is 0 Å². The molecule has 0 aliphatic rings. The van der Waals surface area contributed by atoms with Crippen molar-refractivity contribution >= 4 is 5.91 Å². The third-order valence-corrected chi connectivity index (χ3v) is 3.13. The molecule has 5 nitrogen and oxygen atoms in total. The lowest BCUT2D eigenvalue weighted by molar-refractivity contribution is -0.127. The number of hydrogen-bond donors (Lipinski definition) is 1. The number of nitrogens with zero attached hydrogens (tertiary/aromatic N) is 2. The predicted molar refractivity (Wildman–Crippen MR) is 81.1 cm³/mol. The minimum absolute atomic E-state index is 0.0926. The van der Waals surface area contributed by atoms with Crippen LogP contribution in [0.3, 0.4) is 0 Å². The van der Waals surface area contributed by atoms with Gasteiger partial charge in [0.05, 0.1) is 6.20 Å². The minimum Gasteiger partial charge on any atom is -0.481 e. The molecule has 1 aromatic heterocycles. The Kier molecular flexibility index (Phi) is 5.37. The molecule has 0 aliphatic carbocycles. The van der Waals surface area contributed by atoms with Crippen molar-refractivity contribution in [2.75, 3.05) is 6.54 Å². The molecule has 2 rings (SSSR count). The van der Waals surface area contributed by atoms with Crippen molar-refractivity contribution in [3.63, 3.8) is 0 Å². The van der Waals surface area contributed by atoms with Crippen LogP contribution in [0.2, 0.25) is 0 Å². The molecule has 0 aliphatic heterocycles. The molecular weight excluding hydrogens is 266 g/mol. The number of aromatic nitrogens is 2. The second-order valence-corrected chi connectivity index (χ2v) is 4.99. The van der Waals surface area contributed by atoms with E-state index in [1.54, 1.807) is 11.6 Å². The fourth-order valence-electron chi connectivity index (χ4n) is 2.01. The highest BCUT2D eigenvalue weighted by Crippen LogP contribution is 2.10. The molecule has 1 heterocycles. The first-order valence-corrected chi connectivity index (χ1v) is 7.12. The molecule has 0 unspecified atom stereocenters. The van der Waals surface area contributed by atoms with Gasteiger partial charge in [0.15, 0.2) is 6.10 Å². The van der Waals surface area contributed by atoms with E-state index in [9.17, 15) is 4.79 Å². The minimum atomic E-state index is -0.495. The average molecular weight is 287 g/mol. The molecule has 1 N–H and O–H groups in total. The molecule has 2 aromatic rings. The van der Waals surface area contributed by atoms with E-state index in [4.69, 9.17) is 4.74 Å². The molecule has 0 fully saturated rings. The van der Waals surface area contributed by atoms with Crippen LogP contribution < -0.4 is 10.1 Å². The normalized spacial score (nSPS) is 11.9. The fourth-order valence-corrected chi connectivity index (χ4v) is 2.01. The van der Waals surface area contributed by atoms with Gasteiger partial charge in [0.2, 0.25) is 0 Å². The summed E-state index contributed by atoms with van der Waals surface area (Å²) in [6.45, 7) is 2.39. The van der Waals surface area contributed by atoms with Crippen LogP contribution in [0.4, 0.5) is 0 Å². The number of carbonyl (C=O) groups is 1. The quantitative estimate of drug-likeness (QED) is 0.792. The van der Waals surface area contributed by atoms with Gasteiger partial charge in [-0.25, -0.2) is 0 Å². The lowest BCUT2D eigenvalue weighted by atomic mass is 10.2. The standard InChI is InChI=1S/C16H21N3O2/c1-13(21-15-8-4-3-5-9-15)16(20)17-10-6-7-14-11-18-19(2)12-14/h3-5,8-9,11-13H,6-7,10H2,1-2H3,(H,17,20)/t13-/m1/s1. The van der Waals surface area contributed by atoms with E-state index in [1.807, 2.05) is 49.8 Å². The number of nitrogens with one attached hydrogen (secondary N) is 1. The zero-order chi connectivity index (χ0) is 15.1. The summed E-state index contributed by atoms with van der Waals surface area (Å²) in [5, 5.41) is 7.00. The second-order valence-electron chi connectivity index (χ2n) is 4.99. The molecule has 0 saturated heterocycles. The Bertz CT molecular complexity index is 566. The number of ether oxygens (including phenoxy) is 1. The summed E-state index contributed by atoms with van der Waals surface area (Å²) in [6.07, 6.45) is 5.13. The van der Waals surface area contributed by atoms with E-state index < -0.39 is 6.10 Å². The zero-order valence-electron chi connectivity index (χ0n) is 12.5.